The van der Waals surface area contributed by atoms with E-state index in [0.29, 0.717) is 27.8 Å². The highest BCUT2D eigenvalue weighted by Crippen LogP contribution is 2.41. The number of benzene rings is 1. The quantitative estimate of drug-likeness (QED) is 0.194. The van der Waals surface area contributed by atoms with E-state index in [4.69, 9.17) is 0 Å². The smallest absolute Gasteiger partial charge is 0.352 e. The molecule has 1 aromatic carbocycles. The Bertz CT molecular complexity index is 1180. The molecular formula is C18H18N8O6S2. The van der Waals surface area contributed by atoms with Gasteiger partial charge in [0, 0.05) is 37.2 Å². The van der Waals surface area contributed by atoms with E-state index in [1.54, 1.807) is 7.05 Å². The Balaban J connectivity index is 1.36. The van der Waals surface area contributed by atoms with Gasteiger partial charge in [0.2, 0.25) is 5.16 Å². The van der Waals surface area contributed by atoms with Gasteiger partial charge in [-0.3, -0.25) is 19.8 Å². The van der Waals surface area contributed by atoms with E-state index in [-0.39, 0.29) is 17.9 Å². The van der Waals surface area contributed by atoms with Gasteiger partial charge in [-0.05, 0) is 21.6 Å². The molecule has 178 valence electrons. The lowest BCUT2D eigenvalue weighted by Crippen LogP contribution is -2.71. The summed E-state index contributed by atoms with van der Waals surface area (Å²) in [5, 5.41) is 36.7. The molecule has 0 spiro atoms. The number of non-ortho nitro benzene ring substituents is 1. The number of nitrogens with zero attached hydrogens (tertiary/aromatic N) is 6. The van der Waals surface area contributed by atoms with Crippen molar-refractivity contribution in [1.29, 1.82) is 0 Å². The van der Waals surface area contributed by atoms with Crippen molar-refractivity contribution in [2.75, 3.05) is 11.5 Å². The summed E-state index contributed by atoms with van der Waals surface area (Å²) in [6.07, 6.45) is 0. The van der Waals surface area contributed by atoms with E-state index in [9.17, 15) is 29.6 Å². The number of aliphatic carboxylic acids is 1. The van der Waals surface area contributed by atoms with E-state index >= 15 is 0 Å². The number of carboxylic acid groups (broad SMARTS) is 1. The molecule has 1 aromatic heterocycles. The largest absolute Gasteiger partial charge is 0.477 e. The third-order valence-corrected chi connectivity index (χ3v) is 7.53. The fourth-order valence-electron chi connectivity index (χ4n) is 3.40. The number of thioether (sulfide) groups is 2. The SMILES string of the molecule is Cn1nnnc1SCC1=C(C(=O)O)N2C(=O)C(NC(=O)NCc3ccc([N+](=O)[O-])cc3)[C@H]2SC1. The molecule has 0 bridgehead atoms. The van der Waals surface area contributed by atoms with Crippen LogP contribution in [0.4, 0.5) is 10.5 Å². The zero-order valence-corrected chi connectivity index (χ0v) is 19.2. The first-order valence-corrected chi connectivity index (χ1v) is 11.8. The number of amides is 3. The van der Waals surface area contributed by atoms with Crippen molar-refractivity contribution in [3.05, 3.63) is 51.2 Å². The second-order valence-electron chi connectivity index (χ2n) is 7.27. The Morgan fingerprint density at radius 1 is 1.35 bits per heavy atom. The van der Waals surface area contributed by atoms with Crippen LogP contribution < -0.4 is 10.6 Å². The van der Waals surface area contributed by atoms with E-state index < -0.39 is 34.2 Å². The fourth-order valence-corrected chi connectivity index (χ4v) is 5.73. The molecule has 1 unspecified atom stereocenters. The number of aryl methyl sites for hydroxylation is 1. The van der Waals surface area contributed by atoms with E-state index in [2.05, 4.69) is 26.2 Å². The maximum Gasteiger partial charge on any atom is 0.352 e. The Kier molecular flexibility index (Phi) is 6.69. The van der Waals surface area contributed by atoms with E-state index in [0.717, 1.165) is 0 Å². The summed E-state index contributed by atoms with van der Waals surface area (Å²) in [4.78, 5) is 48.3. The zero-order chi connectivity index (χ0) is 24.4. The lowest BCUT2D eigenvalue weighted by atomic mass is 10.0. The van der Waals surface area contributed by atoms with Gasteiger partial charge in [-0.1, -0.05) is 23.9 Å². The van der Waals surface area contributed by atoms with Crippen LogP contribution in [-0.2, 0) is 23.2 Å². The summed E-state index contributed by atoms with van der Waals surface area (Å²) in [6, 6.07) is 4.23. The lowest BCUT2D eigenvalue weighted by Gasteiger charge is -2.49. The first-order valence-electron chi connectivity index (χ1n) is 9.79. The number of nitrogens with one attached hydrogen (secondary N) is 2. The van der Waals surface area contributed by atoms with Gasteiger partial charge in [0.05, 0.1) is 4.92 Å². The Labute approximate surface area is 200 Å². The number of fused-ring (bicyclic) bond motifs is 1. The summed E-state index contributed by atoms with van der Waals surface area (Å²) in [7, 11) is 1.67. The number of tetrazole rings is 1. The van der Waals surface area contributed by atoms with E-state index in [1.807, 2.05) is 0 Å². The second kappa shape index (κ2) is 9.68. The highest BCUT2D eigenvalue weighted by Gasteiger charge is 2.54. The van der Waals surface area contributed by atoms with Gasteiger partial charge in [0.1, 0.15) is 17.1 Å². The summed E-state index contributed by atoms with van der Waals surface area (Å²) >= 11 is 2.63. The summed E-state index contributed by atoms with van der Waals surface area (Å²) in [5.74, 6) is -1.06. The molecule has 0 radical (unpaired) electrons. The molecule has 3 N–H and O–H groups in total. The van der Waals surface area contributed by atoms with Gasteiger partial charge >= 0.3 is 12.0 Å². The van der Waals surface area contributed by atoms with Crippen molar-refractivity contribution < 1.29 is 24.4 Å². The number of aromatic nitrogens is 4. The Morgan fingerprint density at radius 3 is 2.71 bits per heavy atom. The van der Waals surface area contributed by atoms with Crippen LogP contribution in [0.25, 0.3) is 0 Å². The van der Waals surface area contributed by atoms with Gasteiger partial charge in [-0.2, -0.15) is 0 Å². The molecule has 16 heteroatoms. The molecule has 34 heavy (non-hydrogen) atoms. The predicted octanol–water partition coefficient (Wildman–Crippen LogP) is 0.332. The monoisotopic (exact) mass is 506 g/mol. The molecule has 14 nitrogen and oxygen atoms in total. The predicted molar refractivity (Wildman–Crippen MR) is 120 cm³/mol. The number of urea groups is 1. The molecule has 2 aromatic rings. The normalized spacial score (nSPS) is 19.3. The van der Waals surface area contributed by atoms with E-state index in [1.165, 1.54) is 57.4 Å². The third-order valence-electron chi connectivity index (χ3n) is 5.09. The highest BCUT2D eigenvalue weighted by molar-refractivity contribution is 8.01. The molecule has 2 aliphatic heterocycles. The van der Waals surface area contributed by atoms with Gasteiger partial charge < -0.3 is 15.7 Å². The lowest BCUT2D eigenvalue weighted by molar-refractivity contribution is -0.384. The highest BCUT2D eigenvalue weighted by atomic mass is 32.2. The van der Waals surface area contributed by atoms with Crippen LogP contribution in [0, 0.1) is 10.1 Å². The number of hydrogen-bond acceptors (Lipinski definition) is 10. The van der Waals surface area contributed by atoms with Crippen LogP contribution in [0.15, 0.2) is 40.7 Å². The second-order valence-corrected chi connectivity index (χ2v) is 9.32. The molecule has 2 aliphatic rings. The van der Waals surface area contributed by atoms with Gasteiger partial charge in [0.15, 0.2) is 0 Å². The molecular weight excluding hydrogens is 488 g/mol. The molecule has 1 fully saturated rings. The van der Waals surface area contributed by atoms with Crippen molar-refractivity contribution in [3.8, 4) is 0 Å². The van der Waals surface area contributed by atoms with Crippen molar-refractivity contribution >= 4 is 47.1 Å². The Morgan fingerprint density at radius 2 is 2.09 bits per heavy atom. The van der Waals surface area contributed by atoms with Gasteiger partial charge in [-0.25, -0.2) is 14.3 Å². The van der Waals surface area contributed by atoms with Crippen LogP contribution in [0.5, 0.6) is 0 Å². The topological polar surface area (TPSA) is 185 Å². The first kappa shape index (κ1) is 23.5. The minimum Gasteiger partial charge on any atom is -0.477 e. The van der Waals surface area contributed by atoms with Crippen molar-refractivity contribution in [3.63, 3.8) is 0 Å². The average molecular weight is 507 g/mol. The molecule has 0 aliphatic carbocycles. The molecule has 0 saturated carbocycles. The molecule has 2 atom stereocenters. The maximum absolute atomic E-state index is 12.7. The number of rotatable bonds is 8. The molecule has 1 saturated heterocycles. The minimum absolute atomic E-state index is 0.0593. The molecule has 4 rings (SSSR count). The number of carbonyl (C=O) groups excluding carboxylic acids is 2. The van der Waals surface area contributed by atoms with Crippen LogP contribution in [0.1, 0.15) is 5.56 Å². The summed E-state index contributed by atoms with van der Waals surface area (Å²) < 4.78 is 1.47. The van der Waals surface area contributed by atoms with Crippen LogP contribution >= 0.6 is 23.5 Å². The minimum atomic E-state index is -1.22. The van der Waals surface area contributed by atoms with Crippen LogP contribution in [0.3, 0.4) is 0 Å². The van der Waals surface area contributed by atoms with Crippen LogP contribution in [-0.4, -0.2) is 76.0 Å². The zero-order valence-electron chi connectivity index (χ0n) is 17.6. The Hall–Kier alpha value is -3.66. The summed E-state index contributed by atoms with van der Waals surface area (Å²) in [6.45, 7) is 0.102. The first-order chi connectivity index (χ1) is 16.3. The van der Waals surface area contributed by atoms with Gasteiger partial charge in [-0.15, -0.1) is 16.9 Å². The van der Waals surface area contributed by atoms with Crippen molar-refractivity contribution in [1.82, 2.24) is 35.7 Å². The fraction of sp³-hybridized carbons (Fsp3) is 0.333. The maximum atomic E-state index is 12.7. The number of nitro benzene ring substituents is 1. The number of nitro groups is 1. The van der Waals surface area contributed by atoms with Crippen molar-refractivity contribution in [2.24, 2.45) is 7.05 Å². The summed E-state index contributed by atoms with van der Waals surface area (Å²) in [5.41, 5.74) is 1.07. The number of carboxylic acids is 1. The molecule has 3 heterocycles. The number of β-lactam (4-membered cyclic amide) rings is 1. The number of hydrogen-bond donors (Lipinski definition) is 3. The van der Waals surface area contributed by atoms with Crippen molar-refractivity contribution in [2.45, 2.75) is 23.1 Å². The van der Waals surface area contributed by atoms with Gasteiger partial charge in [0.25, 0.3) is 11.6 Å². The molecule has 3 amide bonds. The van der Waals surface area contributed by atoms with Crippen LogP contribution in [0.2, 0.25) is 0 Å². The average Bonchev–Trinajstić information content (AvgIpc) is 3.23. The third kappa shape index (κ3) is 4.67. The number of carbonyl (C=O) groups is 3. The standard InChI is InChI=1S/C18H18N8O6S2/c1-24-18(21-22-23-24)34-8-10-7-33-15-12(14(27)25(15)13(10)16(28)29)20-17(30)19-6-9-2-4-11(5-3-9)26(31)32/h2-5,12,15H,6-8H2,1H3,(H,28,29)(H2,19,20,30)/t12?,15-/m1/s1.